The minimum absolute atomic E-state index is 0.00764. The van der Waals surface area contributed by atoms with Gasteiger partial charge >= 0.3 is 0 Å². The third-order valence-electron chi connectivity index (χ3n) is 2.91. The fraction of sp³-hybridized carbons (Fsp3) is 0.462. The van der Waals surface area contributed by atoms with Crippen molar-refractivity contribution in [2.24, 2.45) is 0 Å². The van der Waals surface area contributed by atoms with Crippen LogP contribution in [-0.2, 0) is 9.53 Å². The van der Waals surface area contributed by atoms with Gasteiger partial charge in [0.2, 0.25) is 0 Å². The van der Waals surface area contributed by atoms with E-state index in [1.807, 2.05) is 0 Å². The summed E-state index contributed by atoms with van der Waals surface area (Å²) in [6, 6.07) is -0.751. The molecule has 1 amide bonds. The summed E-state index contributed by atoms with van der Waals surface area (Å²) >= 11 is 0. The fourth-order valence-electron chi connectivity index (χ4n) is 1.79. The zero-order valence-corrected chi connectivity index (χ0v) is 10.5. The zero-order chi connectivity index (χ0) is 14.4. The molecule has 1 heterocycles. The average molecular weight is 269 g/mol. The Morgan fingerprint density at radius 1 is 1.37 bits per heavy atom. The summed E-state index contributed by atoms with van der Waals surface area (Å²) in [5.74, 6) is -0.447. The summed E-state index contributed by atoms with van der Waals surface area (Å²) in [6.45, 7) is 6.59. The van der Waals surface area contributed by atoms with Gasteiger partial charge in [-0.05, 0) is 0 Å². The lowest BCUT2D eigenvalue weighted by molar-refractivity contribution is -0.163. The predicted octanol–water partition coefficient (Wildman–Crippen LogP) is -1.12. The number of allylic oxidation sites excluding steroid dienone is 2. The van der Waals surface area contributed by atoms with Crippen molar-refractivity contribution in [3.8, 4) is 0 Å². The molecule has 1 saturated heterocycles. The van der Waals surface area contributed by atoms with E-state index in [1.165, 1.54) is 18.2 Å². The summed E-state index contributed by atoms with van der Waals surface area (Å²) in [7, 11) is 0. The van der Waals surface area contributed by atoms with Crippen LogP contribution in [0, 0.1) is 0 Å². The lowest BCUT2D eigenvalue weighted by Gasteiger charge is -2.37. The van der Waals surface area contributed by atoms with E-state index in [1.54, 1.807) is 0 Å². The molecule has 1 aliphatic rings. The summed E-state index contributed by atoms with van der Waals surface area (Å²) in [5, 5.41) is 31.0. The van der Waals surface area contributed by atoms with E-state index in [4.69, 9.17) is 9.84 Å². The van der Waals surface area contributed by atoms with Gasteiger partial charge in [-0.25, -0.2) is 0 Å². The molecule has 6 nitrogen and oxygen atoms in total. The van der Waals surface area contributed by atoms with Crippen LogP contribution in [-0.4, -0.2) is 58.8 Å². The normalized spacial score (nSPS) is 31.6. The highest BCUT2D eigenvalue weighted by molar-refractivity contribution is 5.96. The van der Waals surface area contributed by atoms with Crippen LogP contribution in [0.15, 0.2) is 37.0 Å². The Morgan fingerprint density at radius 2 is 2.05 bits per heavy atom. The second-order valence-corrected chi connectivity index (χ2v) is 4.18. The first-order valence-electron chi connectivity index (χ1n) is 5.89. The quantitative estimate of drug-likeness (QED) is 0.374. The number of ether oxygens (including phenoxy) is 1. The molecule has 4 atom stereocenters. The third-order valence-corrected chi connectivity index (χ3v) is 2.91. The third kappa shape index (κ3) is 3.74. The first kappa shape index (κ1) is 15.6. The Labute approximate surface area is 111 Å². The molecule has 1 rings (SSSR count). The summed E-state index contributed by atoms with van der Waals surface area (Å²) < 4.78 is 5.16. The molecule has 106 valence electrons. The van der Waals surface area contributed by atoms with Crippen LogP contribution in [0.5, 0.6) is 0 Å². The Hall–Kier alpha value is -1.47. The molecule has 0 aliphatic carbocycles. The van der Waals surface area contributed by atoms with Gasteiger partial charge in [0.1, 0.15) is 18.3 Å². The van der Waals surface area contributed by atoms with Crippen molar-refractivity contribution in [2.45, 2.75) is 24.4 Å². The molecular formula is C13H19NO5. The van der Waals surface area contributed by atoms with Crippen molar-refractivity contribution >= 4 is 5.91 Å². The number of carbonyl (C=O) groups is 1. The maximum Gasteiger partial charge on any atom is 0.251 e. The topological polar surface area (TPSA) is 99.0 Å². The lowest BCUT2D eigenvalue weighted by atomic mass is 9.98. The number of aliphatic hydroxyl groups is 3. The van der Waals surface area contributed by atoms with Crippen LogP contribution in [0.25, 0.3) is 0 Å². The number of nitrogens with one attached hydrogen (secondary N) is 1. The Bertz CT molecular complexity index is 379. The molecule has 0 aromatic rings. The SMILES string of the molecule is C=C/C=C(\C=C)C(=O)NC1COC(CO)C(O)C1O. The second kappa shape index (κ2) is 7.20. The number of aliphatic hydroxyl groups excluding tert-OH is 3. The number of rotatable bonds is 5. The molecule has 19 heavy (non-hydrogen) atoms. The van der Waals surface area contributed by atoms with Crippen molar-refractivity contribution < 1.29 is 24.9 Å². The van der Waals surface area contributed by atoms with Crippen molar-refractivity contribution in [2.75, 3.05) is 13.2 Å². The van der Waals surface area contributed by atoms with Crippen LogP contribution in [0.4, 0.5) is 0 Å². The van der Waals surface area contributed by atoms with Gasteiger partial charge in [0, 0.05) is 5.57 Å². The van der Waals surface area contributed by atoms with E-state index in [-0.39, 0.29) is 6.61 Å². The molecule has 0 saturated carbocycles. The highest BCUT2D eigenvalue weighted by Gasteiger charge is 2.38. The number of amides is 1. The van der Waals surface area contributed by atoms with Crippen LogP contribution in [0.2, 0.25) is 0 Å². The van der Waals surface area contributed by atoms with Gasteiger partial charge in [0.05, 0.1) is 19.3 Å². The minimum atomic E-state index is -1.25. The largest absolute Gasteiger partial charge is 0.394 e. The molecule has 4 N–H and O–H groups in total. The van der Waals surface area contributed by atoms with Gasteiger partial charge < -0.3 is 25.4 Å². The van der Waals surface area contributed by atoms with E-state index >= 15 is 0 Å². The number of carbonyl (C=O) groups excluding carboxylic acids is 1. The van der Waals surface area contributed by atoms with Crippen molar-refractivity contribution in [1.29, 1.82) is 0 Å². The molecule has 0 aromatic heterocycles. The standard InChI is InChI=1S/C13H19NO5/c1-3-5-8(4-2)13(18)14-9-7-19-10(6-15)12(17)11(9)16/h3-5,9-12,15-17H,1-2,6-7H2,(H,14,18)/b8-5+. The summed E-state index contributed by atoms with van der Waals surface area (Å²) in [6.07, 6.45) is 0.988. The molecule has 1 aliphatic heterocycles. The smallest absolute Gasteiger partial charge is 0.251 e. The van der Waals surface area contributed by atoms with E-state index in [0.29, 0.717) is 5.57 Å². The van der Waals surface area contributed by atoms with E-state index < -0.39 is 36.9 Å². The number of hydrogen-bond acceptors (Lipinski definition) is 5. The Balaban J connectivity index is 2.68. The van der Waals surface area contributed by atoms with Gasteiger partial charge in [0.25, 0.3) is 5.91 Å². The van der Waals surface area contributed by atoms with Gasteiger partial charge in [-0.2, -0.15) is 0 Å². The molecule has 6 heteroatoms. The maximum absolute atomic E-state index is 11.8. The zero-order valence-electron chi connectivity index (χ0n) is 10.5. The van der Waals surface area contributed by atoms with Gasteiger partial charge in [-0.1, -0.05) is 31.4 Å². The van der Waals surface area contributed by atoms with Crippen molar-refractivity contribution in [3.63, 3.8) is 0 Å². The van der Waals surface area contributed by atoms with Gasteiger partial charge in [-0.3, -0.25) is 4.79 Å². The Morgan fingerprint density at radius 3 is 2.58 bits per heavy atom. The predicted molar refractivity (Wildman–Crippen MR) is 69.2 cm³/mol. The lowest BCUT2D eigenvalue weighted by Crippen LogP contribution is -2.60. The molecule has 4 unspecified atom stereocenters. The second-order valence-electron chi connectivity index (χ2n) is 4.18. The van der Waals surface area contributed by atoms with Gasteiger partial charge in [0.15, 0.2) is 0 Å². The van der Waals surface area contributed by atoms with Crippen molar-refractivity contribution in [3.05, 3.63) is 37.0 Å². The monoisotopic (exact) mass is 269 g/mol. The van der Waals surface area contributed by atoms with E-state index in [9.17, 15) is 15.0 Å². The first-order valence-corrected chi connectivity index (χ1v) is 5.89. The molecule has 1 fully saturated rings. The maximum atomic E-state index is 11.8. The molecule has 0 aromatic carbocycles. The highest BCUT2D eigenvalue weighted by Crippen LogP contribution is 2.15. The minimum Gasteiger partial charge on any atom is -0.394 e. The van der Waals surface area contributed by atoms with Crippen LogP contribution >= 0.6 is 0 Å². The molecule has 0 bridgehead atoms. The number of hydrogen-bond donors (Lipinski definition) is 4. The van der Waals surface area contributed by atoms with Crippen LogP contribution in [0.1, 0.15) is 0 Å². The molecule has 0 spiro atoms. The molecule has 0 radical (unpaired) electrons. The van der Waals surface area contributed by atoms with Crippen LogP contribution < -0.4 is 5.32 Å². The Kier molecular flexibility index (Phi) is 5.91. The summed E-state index contributed by atoms with van der Waals surface area (Å²) in [4.78, 5) is 11.8. The highest BCUT2D eigenvalue weighted by atomic mass is 16.5. The van der Waals surface area contributed by atoms with Crippen LogP contribution in [0.3, 0.4) is 0 Å². The van der Waals surface area contributed by atoms with E-state index in [2.05, 4.69) is 18.5 Å². The molecular weight excluding hydrogens is 250 g/mol. The average Bonchev–Trinajstić information content (AvgIpc) is 2.41. The van der Waals surface area contributed by atoms with Gasteiger partial charge in [-0.15, -0.1) is 0 Å². The first-order chi connectivity index (χ1) is 9.04. The summed E-state index contributed by atoms with van der Waals surface area (Å²) in [5.41, 5.74) is 0.293. The van der Waals surface area contributed by atoms with Crippen molar-refractivity contribution in [1.82, 2.24) is 5.32 Å². The van der Waals surface area contributed by atoms with E-state index in [0.717, 1.165) is 0 Å². The fourth-order valence-corrected chi connectivity index (χ4v) is 1.79.